The highest BCUT2D eigenvalue weighted by atomic mass is 32.2. The van der Waals surface area contributed by atoms with E-state index in [0.29, 0.717) is 0 Å². The van der Waals surface area contributed by atoms with E-state index in [1.54, 1.807) is 13.8 Å². The predicted molar refractivity (Wildman–Crippen MR) is 67.0 cm³/mol. The van der Waals surface area contributed by atoms with Crippen LogP contribution in [-0.2, 0) is 9.84 Å². The zero-order valence-corrected chi connectivity index (χ0v) is 10.8. The quantitative estimate of drug-likeness (QED) is 0.874. The molecule has 0 spiro atoms. The summed E-state index contributed by atoms with van der Waals surface area (Å²) >= 11 is 0. The summed E-state index contributed by atoms with van der Waals surface area (Å²) < 4.78 is 23.4. The van der Waals surface area contributed by atoms with Crippen molar-refractivity contribution in [2.24, 2.45) is 5.73 Å². The summed E-state index contributed by atoms with van der Waals surface area (Å²) in [6.07, 6.45) is 0. The Morgan fingerprint density at radius 1 is 1.38 bits per heavy atom. The summed E-state index contributed by atoms with van der Waals surface area (Å²) in [5, 5.41) is -0.542. The molecule has 0 amide bonds. The fraction of sp³-hybridized carbons (Fsp3) is 0.500. The van der Waals surface area contributed by atoms with E-state index in [0.717, 1.165) is 11.1 Å². The average molecular weight is 241 g/mol. The van der Waals surface area contributed by atoms with Gasteiger partial charge in [-0.25, -0.2) is 8.42 Å². The van der Waals surface area contributed by atoms with Gasteiger partial charge in [-0.1, -0.05) is 36.8 Å². The van der Waals surface area contributed by atoms with Crippen LogP contribution in [0.1, 0.15) is 31.0 Å². The van der Waals surface area contributed by atoms with Crippen molar-refractivity contribution in [2.75, 3.05) is 5.75 Å². The van der Waals surface area contributed by atoms with Crippen LogP contribution in [0.3, 0.4) is 0 Å². The summed E-state index contributed by atoms with van der Waals surface area (Å²) in [6, 6.07) is 7.22. The molecule has 0 aromatic heterocycles. The number of sulfone groups is 1. The van der Waals surface area contributed by atoms with Gasteiger partial charge in [-0.3, -0.25) is 0 Å². The first-order valence-electron chi connectivity index (χ1n) is 5.42. The number of hydrogen-bond donors (Lipinski definition) is 1. The van der Waals surface area contributed by atoms with Gasteiger partial charge in [0.15, 0.2) is 9.84 Å². The molecule has 0 aliphatic carbocycles. The SMILES string of the molecule is CCS(=O)(=O)[C@@H](C)[C@@H](N)c1cccc(C)c1. The van der Waals surface area contributed by atoms with Crippen LogP contribution < -0.4 is 5.73 Å². The molecule has 0 radical (unpaired) electrons. The van der Waals surface area contributed by atoms with Gasteiger partial charge >= 0.3 is 0 Å². The predicted octanol–water partition coefficient (Wildman–Crippen LogP) is 1.82. The van der Waals surface area contributed by atoms with E-state index in [9.17, 15) is 8.42 Å². The minimum absolute atomic E-state index is 0.133. The van der Waals surface area contributed by atoms with Crippen molar-refractivity contribution in [2.45, 2.75) is 32.1 Å². The average Bonchev–Trinajstić information content (AvgIpc) is 2.27. The molecule has 1 aromatic rings. The summed E-state index contributed by atoms with van der Waals surface area (Å²) in [5.74, 6) is 0.133. The van der Waals surface area contributed by atoms with Crippen molar-refractivity contribution in [3.05, 3.63) is 35.4 Å². The molecule has 4 heteroatoms. The Labute approximate surface area is 97.6 Å². The molecule has 0 heterocycles. The van der Waals surface area contributed by atoms with Gasteiger partial charge < -0.3 is 5.73 Å². The third kappa shape index (κ3) is 2.83. The lowest BCUT2D eigenvalue weighted by Gasteiger charge is -2.20. The van der Waals surface area contributed by atoms with Crippen LogP contribution in [0.15, 0.2) is 24.3 Å². The van der Waals surface area contributed by atoms with Gasteiger partial charge in [0, 0.05) is 11.8 Å². The van der Waals surface area contributed by atoms with Crippen molar-refractivity contribution in [1.82, 2.24) is 0 Å². The van der Waals surface area contributed by atoms with Crippen LogP contribution in [0.2, 0.25) is 0 Å². The monoisotopic (exact) mass is 241 g/mol. The number of nitrogens with two attached hydrogens (primary N) is 1. The maximum absolute atomic E-state index is 11.7. The smallest absolute Gasteiger partial charge is 0.154 e. The van der Waals surface area contributed by atoms with Gasteiger partial charge in [0.2, 0.25) is 0 Å². The molecule has 2 atom stereocenters. The van der Waals surface area contributed by atoms with Crippen LogP contribution >= 0.6 is 0 Å². The minimum Gasteiger partial charge on any atom is -0.323 e. The molecule has 16 heavy (non-hydrogen) atoms. The summed E-state index contributed by atoms with van der Waals surface area (Å²) in [6.45, 7) is 5.29. The van der Waals surface area contributed by atoms with E-state index >= 15 is 0 Å². The first kappa shape index (κ1) is 13.2. The fourth-order valence-corrected chi connectivity index (χ4v) is 2.76. The normalized spacial score (nSPS) is 15.8. The maximum atomic E-state index is 11.7. The summed E-state index contributed by atoms with van der Waals surface area (Å²) in [5.41, 5.74) is 7.96. The zero-order valence-electron chi connectivity index (χ0n) is 9.97. The Hall–Kier alpha value is -0.870. The molecule has 0 saturated carbocycles. The molecule has 0 aliphatic rings. The van der Waals surface area contributed by atoms with Crippen molar-refractivity contribution < 1.29 is 8.42 Å². The molecular formula is C12H19NO2S. The highest BCUT2D eigenvalue weighted by Gasteiger charge is 2.26. The molecule has 2 N–H and O–H groups in total. The number of benzene rings is 1. The van der Waals surface area contributed by atoms with Gasteiger partial charge in [-0.15, -0.1) is 0 Å². The molecule has 0 bridgehead atoms. The van der Waals surface area contributed by atoms with E-state index in [-0.39, 0.29) is 5.75 Å². The van der Waals surface area contributed by atoms with Gasteiger partial charge in [-0.2, -0.15) is 0 Å². The second kappa shape index (κ2) is 4.97. The Balaban J connectivity index is 2.99. The van der Waals surface area contributed by atoms with Gasteiger partial charge in [-0.05, 0) is 19.4 Å². The van der Waals surface area contributed by atoms with E-state index in [2.05, 4.69) is 0 Å². The molecular weight excluding hydrogens is 222 g/mol. The second-order valence-corrected chi connectivity index (χ2v) is 6.74. The molecule has 3 nitrogen and oxygen atoms in total. The Kier molecular flexibility index (Phi) is 4.10. The Morgan fingerprint density at radius 2 is 2.00 bits per heavy atom. The number of hydrogen-bond acceptors (Lipinski definition) is 3. The molecule has 1 rings (SSSR count). The third-order valence-electron chi connectivity index (χ3n) is 2.90. The molecule has 1 aromatic carbocycles. The van der Waals surface area contributed by atoms with Crippen LogP contribution in [0.4, 0.5) is 0 Å². The largest absolute Gasteiger partial charge is 0.323 e. The lowest BCUT2D eigenvalue weighted by atomic mass is 10.0. The van der Waals surface area contributed by atoms with Gasteiger partial charge in [0.1, 0.15) is 0 Å². The third-order valence-corrected chi connectivity index (χ3v) is 5.13. The van der Waals surface area contributed by atoms with Gasteiger partial charge in [0.05, 0.1) is 5.25 Å². The molecule has 0 fully saturated rings. The second-order valence-electron chi connectivity index (χ2n) is 4.10. The van der Waals surface area contributed by atoms with Crippen molar-refractivity contribution >= 4 is 9.84 Å². The first-order chi connectivity index (χ1) is 7.38. The number of aryl methyl sites for hydroxylation is 1. The van der Waals surface area contributed by atoms with E-state index in [1.807, 2.05) is 31.2 Å². The van der Waals surface area contributed by atoms with Crippen LogP contribution in [0, 0.1) is 6.92 Å². The van der Waals surface area contributed by atoms with Crippen LogP contribution in [0.25, 0.3) is 0 Å². The van der Waals surface area contributed by atoms with E-state index in [4.69, 9.17) is 5.73 Å². The standard InChI is InChI=1S/C12H19NO2S/c1-4-16(14,15)10(3)12(13)11-7-5-6-9(2)8-11/h5-8,10,12H,4,13H2,1-3H3/t10-,12+/m0/s1. The van der Waals surface area contributed by atoms with E-state index < -0.39 is 21.1 Å². The van der Waals surface area contributed by atoms with Crippen molar-refractivity contribution in [3.63, 3.8) is 0 Å². The van der Waals surface area contributed by atoms with Crippen LogP contribution in [-0.4, -0.2) is 19.4 Å². The zero-order chi connectivity index (χ0) is 12.3. The molecule has 0 unspecified atom stereocenters. The maximum Gasteiger partial charge on any atom is 0.154 e. The topological polar surface area (TPSA) is 60.2 Å². The molecule has 0 saturated heterocycles. The van der Waals surface area contributed by atoms with Crippen LogP contribution in [0.5, 0.6) is 0 Å². The highest BCUT2D eigenvalue weighted by Crippen LogP contribution is 2.20. The lowest BCUT2D eigenvalue weighted by Crippen LogP contribution is -2.32. The molecule has 90 valence electrons. The lowest BCUT2D eigenvalue weighted by molar-refractivity contribution is 0.566. The van der Waals surface area contributed by atoms with E-state index in [1.165, 1.54) is 0 Å². The number of rotatable bonds is 4. The Morgan fingerprint density at radius 3 is 2.50 bits per heavy atom. The fourth-order valence-electron chi connectivity index (χ4n) is 1.63. The van der Waals surface area contributed by atoms with Crippen molar-refractivity contribution in [1.29, 1.82) is 0 Å². The van der Waals surface area contributed by atoms with Crippen molar-refractivity contribution in [3.8, 4) is 0 Å². The highest BCUT2D eigenvalue weighted by molar-refractivity contribution is 7.92. The summed E-state index contributed by atoms with van der Waals surface area (Å²) in [4.78, 5) is 0. The van der Waals surface area contributed by atoms with Gasteiger partial charge in [0.25, 0.3) is 0 Å². The minimum atomic E-state index is -3.08. The summed E-state index contributed by atoms with van der Waals surface area (Å²) in [7, 11) is -3.08. The Bertz CT molecular complexity index is 454. The molecule has 0 aliphatic heterocycles. The first-order valence-corrected chi connectivity index (χ1v) is 7.13.